The van der Waals surface area contributed by atoms with Crippen LogP contribution in [0.15, 0.2) is 18.3 Å². The standard InChI is InChI=1S/C15H17ClF3N3O3/c16-11-1-2-12(20-7-11)21-14(24)10-3-5-22(6-4-10)13(23)8-25-9-15(17,18)19/h1-2,7,10H,3-6,8-9H2,(H,20,21,24). The fraction of sp³-hybridized carbons (Fsp3) is 0.533. The second-order valence-electron chi connectivity index (χ2n) is 5.61. The monoisotopic (exact) mass is 379 g/mol. The smallest absolute Gasteiger partial charge is 0.362 e. The Labute approximate surface area is 147 Å². The zero-order valence-electron chi connectivity index (χ0n) is 13.2. The number of rotatable bonds is 5. The highest BCUT2D eigenvalue weighted by molar-refractivity contribution is 6.30. The zero-order valence-corrected chi connectivity index (χ0v) is 13.9. The maximum Gasteiger partial charge on any atom is 0.411 e. The number of piperidine rings is 1. The minimum atomic E-state index is -4.46. The highest BCUT2D eigenvalue weighted by atomic mass is 35.5. The number of pyridine rings is 1. The van der Waals surface area contributed by atoms with Gasteiger partial charge in [-0.15, -0.1) is 0 Å². The van der Waals surface area contributed by atoms with Crippen LogP contribution in [-0.4, -0.2) is 54.2 Å². The summed E-state index contributed by atoms with van der Waals surface area (Å²) in [6, 6.07) is 3.18. The average molecular weight is 380 g/mol. The molecule has 10 heteroatoms. The Morgan fingerprint density at radius 2 is 2.00 bits per heavy atom. The van der Waals surface area contributed by atoms with Crippen LogP contribution in [-0.2, 0) is 14.3 Å². The molecule has 0 spiro atoms. The van der Waals surface area contributed by atoms with E-state index in [9.17, 15) is 22.8 Å². The van der Waals surface area contributed by atoms with Gasteiger partial charge in [0.05, 0.1) is 5.02 Å². The molecule has 0 bridgehead atoms. The summed E-state index contributed by atoms with van der Waals surface area (Å²) >= 11 is 5.72. The molecular weight excluding hydrogens is 363 g/mol. The number of nitrogens with one attached hydrogen (secondary N) is 1. The normalized spacial score (nSPS) is 15.9. The van der Waals surface area contributed by atoms with E-state index in [0.29, 0.717) is 36.8 Å². The van der Waals surface area contributed by atoms with Gasteiger partial charge < -0.3 is 15.0 Å². The number of carbonyl (C=O) groups is 2. The summed E-state index contributed by atoms with van der Waals surface area (Å²) in [5, 5.41) is 3.13. The van der Waals surface area contributed by atoms with E-state index in [1.165, 1.54) is 11.1 Å². The van der Waals surface area contributed by atoms with Crippen molar-refractivity contribution >= 4 is 29.2 Å². The van der Waals surface area contributed by atoms with E-state index in [4.69, 9.17) is 11.6 Å². The zero-order chi connectivity index (χ0) is 18.4. The quantitative estimate of drug-likeness (QED) is 0.853. The number of nitrogens with zero attached hydrogens (tertiary/aromatic N) is 2. The van der Waals surface area contributed by atoms with E-state index in [1.807, 2.05) is 0 Å². The Hall–Kier alpha value is -1.87. The molecule has 1 saturated heterocycles. The van der Waals surface area contributed by atoms with Crippen LogP contribution in [0.1, 0.15) is 12.8 Å². The number of hydrogen-bond acceptors (Lipinski definition) is 4. The Morgan fingerprint density at radius 1 is 1.32 bits per heavy atom. The van der Waals surface area contributed by atoms with Crippen LogP contribution >= 0.6 is 11.6 Å². The number of carbonyl (C=O) groups excluding carboxylic acids is 2. The Balaban J connectivity index is 1.74. The van der Waals surface area contributed by atoms with Gasteiger partial charge in [0.2, 0.25) is 11.8 Å². The Morgan fingerprint density at radius 3 is 2.56 bits per heavy atom. The molecular formula is C15H17ClF3N3O3. The minimum Gasteiger partial charge on any atom is -0.362 e. The molecule has 0 unspecified atom stereocenters. The maximum atomic E-state index is 12.2. The van der Waals surface area contributed by atoms with Gasteiger partial charge in [-0.1, -0.05) is 11.6 Å². The lowest BCUT2D eigenvalue weighted by Crippen LogP contribution is -2.43. The number of likely N-dealkylation sites (tertiary alicyclic amines) is 1. The van der Waals surface area contributed by atoms with Crippen molar-refractivity contribution in [2.45, 2.75) is 19.0 Å². The first kappa shape index (κ1) is 19.5. The van der Waals surface area contributed by atoms with Crippen LogP contribution in [0.4, 0.5) is 19.0 Å². The molecule has 0 aliphatic carbocycles. The van der Waals surface area contributed by atoms with E-state index in [1.54, 1.807) is 12.1 Å². The minimum absolute atomic E-state index is 0.213. The van der Waals surface area contributed by atoms with Crippen LogP contribution < -0.4 is 5.32 Å². The van der Waals surface area contributed by atoms with Gasteiger partial charge in [-0.3, -0.25) is 9.59 Å². The Bertz CT molecular complexity index is 602. The number of amides is 2. The van der Waals surface area contributed by atoms with E-state index in [0.717, 1.165) is 0 Å². The van der Waals surface area contributed by atoms with E-state index in [-0.39, 0.29) is 11.8 Å². The summed E-state index contributed by atoms with van der Waals surface area (Å²) in [5.41, 5.74) is 0. The molecule has 1 aromatic heterocycles. The lowest BCUT2D eigenvalue weighted by Gasteiger charge is -2.31. The highest BCUT2D eigenvalue weighted by Crippen LogP contribution is 2.20. The number of hydrogen-bond donors (Lipinski definition) is 1. The fourth-order valence-electron chi connectivity index (χ4n) is 2.41. The van der Waals surface area contributed by atoms with Crippen LogP contribution in [0.5, 0.6) is 0 Å². The molecule has 2 heterocycles. The third-order valence-electron chi connectivity index (χ3n) is 3.69. The molecule has 2 amide bonds. The van der Waals surface area contributed by atoms with Crippen LogP contribution in [0, 0.1) is 5.92 Å². The van der Waals surface area contributed by atoms with Gasteiger partial charge in [0.15, 0.2) is 0 Å². The van der Waals surface area contributed by atoms with Crippen molar-refractivity contribution in [3.63, 3.8) is 0 Å². The van der Waals surface area contributed by atoms with Gasteiger partial charge in [0.25, 0.3) is 0 Å². The third-order valence-corrected chi connectivity index (χ3v) is 3.91. The van der Waals surface area contributed by atoms with Crippen molar-refractivity contribution in [2.75, 3.05) is 31.6 Å². The van der Waals surface area contributed by atoms with Crippen LogP contribution in [0.3, 0.4) is 0 Å². The van der Waals surface area contributed by atoms with Gasteiger partial charge in [-0.2, -0.15) is 13.2 Å². The number of halogens is 4. The number of anilines is 1. The van der Waals surface area contributed by atoms with Gasteiger partial charge in [-0.05, 0) is 25.0 Å². The summed E-state index contributed by atoms with van der Waals surface area (Å²) in [7, 11) is 0. The van der Waals surface area contributed by atoms with Crippen LogP contribution in [0.25, 0.3) is 0 Å². The van der Waals surface area contributed by atoms with Crippen molar-refractivity contribution in [3.05, 3.63) is 23.4 Å². The molecule has 2 rings (SSSR count). The molecule has 1 aromatic rings. The molecule has 6 nitrogen and oxygen atoms in total. The molecule has 1 N–H and O–H groups in total. The molecule has 0 saturated carbocycles. The Kier molecular flexibility index (Phi) is 6.60. The molecule has 1 fully saturated rings. The number of alkyl halides is 3. The summed E-state index contributed by atoms with van der Waals surface area (Å²) in [5.74, 6) is -0.635. The predicted molar refractivity (Wildman–Crippen MR) is 84.1 cm³/mol. The lowest BCUT2D eigenvalue weighted by atomic mass is 9.96. The molecule has 0 atom stereocenters. The van der Waals surface area contributed by atoms with Crippen molar-refractivity contribution in [3.8, 4) is 0 Å². The average Bonchev–Trinajstić information content (AvgIpc) is 2.56. The second-order valence-corrected chi connectivity index (χ2v) is 6.05. The lowest BCUT2D eigenvalue weighted by molar-refractivity contribution is -0.178. The first-order valence-corrected chi connectivity index (χ1v) is 7.97. The van der Waals surface area contributed by atoms with Crippen molar-refractivity contribution < 1.29 is 27.5 Å². The molecule has 1 aliphatic heterocycles. The number of ether oxygens (including phenoxy) is 1. The SMILES string of the molecule is O=C(Nc1ccc(Cl)cn1)C1CCN(C(=O)COCC(F)(F)F)CC1. The van der Waals surface area contributed by atoms with Crippen molar-refractivity contribution in [2.24, 2.45) is 5.92 Å². The van der Waals surface area contributed by atoms with Gasteiger partial charge >= 0.3 is 6.18 Å². The van der Waals surface area contributed by atoms with E-state index >= 15 is 0 Å². The first-order chi connectivity index (χ1) is 11.7. The van der Waals surface area contributed by atoms with Crippen molar-refractivity contribution in [1.29, 1.82) is 0 Å². The largest absolute Gasteiger partial charge is 0.411 e. The third kappa shape index (κ3) is 6.50. The molecule has 0 radical (unpaired) electrons. The van der Waals surface area contributed by atoms with E-state index in [2.05, 4.69) is 15.0 Å². The summed E-state index contributed by atoms with van der Waals surface area (Å²) in [6.45, 7) is -1.49. The summed E-state index contributed by atoms with van der Waals surface area (Å²) in [4.78, 5) is 29.3. The molecule has 0 aromatic carbocycles. The molecule has 1 aliphatic rings. The maximum absolute atomic E-state index is 12.2. The summed E-state index contributed by atoms with van der Waals surface area (Å²) < 4.78 is 40.3. The highest BCUT2D eigenvalue weighted by Gasteiger charge is 2.30. The fourth-order valence-corrected chi connectivity index (χ4v) is 2.53. The number of aromatic nitrogens is 1. The van der Waals surface area contributed by atoms with Crippen molar-refractivity contribution in [1.82, 2.24) is 9.88 Å². The topological polar surface area (TPSA) is 71.5 Å². The van der Waals surface area contributed by atoms with Gasteiger partial charge in [0.1, 0.15) is 19.0 Å². The predicted octanol–water partition coefficient (Wildman–Crippen LogP) is 2.49. The van der Waals surface area contributed by atoms with E-state index < -0.39 is 25.3 Å². The van der Waals surface area contributed by atoms with Gasteiger partial charge in [0, 0.05) is 25.2 Å². The second kappa shape index (κ2) is 8.48. The first-order valence-electron chi connectivity index (χ1n) is 7.59. The molecule has 138 valence electrons. The van der Waals surface area contributed by atoms with Gasteiger partial charge in [-0.25, -0.2) is 4.98 Å². The van der Waals surface area contributed by atoms with Crippen LogP contribution in [0.2, 0.25) is 5.02 Å². The summed E-state index contributed by atoms with van der Waals surface area (Å²) in [6.07, 6.45) is -2.20. The molecule has 25 heavy (non-hydrogen) atoms.